The van der Waals surface area contributed by atoms with Gasteiger partial charge in [-0.1, -0.05) is 32.3 Å². The number of carbonyl (C=O) groups is 2. The predicted octanol–water partition coefficient (Wildman–Crippen LogP) is 2.67. The third kappa shape index (κ3) is 6.02. The van der Waals surface area contributed by atoms with Gasteiger partial charge in [0.2, 0.25) is 15.9 Å². The molecule has 0 aliphatic heterocycles. The minimum Gasteiger partial charge on any atom is -0.352 e. The van der Waals surface area contributed by atoms with Crippen LogP contribution in [0.15, 0.2) is 29.2 Å². The molecular formula is C21H33N3O4S. The lowest BCUT2D eigenvalue weighted by atomic mass is 9.96. The molecule has 1 aromatic rings. The van der Waals surface area contributed by atoms with Gasteiger partial charge in [0.25, 0.3) is 5.91 Å². The lowest BCUT2D eigenvalue weighted by Gasteiger charge is -2.30. The van der Waals surface area contributed by atoms with Gasteiger partial charge < -0.3 is 10.6 Å². The Morgan fingerprint density at radius 2 is 1.79 bits per heavy atom. The highest BCUT2D eigenvalue weighted by Crippen LogP contribution is 2.26. The molecule has 1 aliphatic rings. The van der Waals surface area contributed by atoms with Crippen molar-refractivity contribution in [3.8, 4) is 0 Å². The maximum atomic E-state index is 13.0. The molecule has 2 amide bonds. The van der Waals surface area contributed by atoms with E-state index in [2.05, 4.69) is 10.6 Å². The molecule has 0 spiro atoms. The average molecular weight is 424 g/mol. The maximum Gasteiger partial charge on any atom is 0.251 e. The first-order valence-corrected chi connectivity index (χ1v) is 11.8. The van der Waals surface area contributed by atoms with E-state index in [0.29, 0.717) is 0 Å². The number of rotatable bonds is 8. The summed E-state index contributed by atoms with van der Waals surface area (Å²) in [6.07, 6.45) is 5.72. The van der Waals surface area contributed by atoms with Crippen LogP contribution in [0.5, 0.6) is 0 Å². The number of benzene rings is 1. The number of carbonyl (C=O) groups excluding carboxylic acids is 2. The molecule has 2 atom stereocenters. The van der Waals surface area contributed by atoms with E-state index >= 15 is 0 Å². The van der Waals surface area contributed by atoms with Crippen LogP contribution in [-0.2, 0) is 14.8 Å². The van der Waals surface area contributed by atoms with Crippen molar-refractivity contribution in [1.29, 1.82) is 0 Å². The van der Waals surface area contributed by atoms with Crippen LogP contribution < -0.4 is 10.6 Å². The second-order valence-electron chi connectivity index (χ2n) is 7.85. The summed E-state index contributed by atoms with van der Waals surface area (Å²) in [5.74, 6) is -0.748. The quantitative estimate of drug-likeness (QED) is 0.672. The van der Waals surface area contributed by atoms with Gasteiger partial charge in [-0.05, 0) is 51.3 Å². The fourth-order valence-corrected chi connectivity index (χ4v) is 4.88. The van der Waals surface area contributed by atoms with Crippen molar-refractivity contribution in [3.63, 3.8) is 0 Å². The molecule has 8 heteroatoms. The Morgan fingerprint density at radius 1 is 1.14 bits per heavy atom. The fraction of sp³-hybridized carbons (Fsp3) is 0.619. The molecule has 0 heterocycles. The molecule has 0 radical (unpaired) electrons. The highest BCUT2D eigenvalue weighted by Gasteiger charge is 2.29. The SMILES string of the molecule is CCC(C)NC(=O)C(C)NC(=O)c1cccc(S(=O)(=O)N(C)C2CCCCC2)c1. The Kier molecular flexibility index (Phi) is 8.22. The highest BCUT2D eigenvalue weighted by molar-refractivity contribution is 7.89. The number of hydrogen-bond acceptors (Lipinski definition) is 4. The predicted molar refractivity (Wildman–Crippen MR) is 113 cm³/mol. The van der Waals surface area contributed by atoms with Crippen LogP contribution in [0.2, 0.25) is 0 Å². The lowest BCUT2D eigenvalue weighted by Crippen LogP contribution is -2.47. The average Bonchev–Trinajstić information content (AvgIpc) is 2.73. The molecule has 1 fully saturated rings. The van der Waals surface area contributed by atoms with Crippen molar-refractivity contribution in [2.45, 2.75) is 82.3 Å². The molecule has 29 heavy (non-hydrogen) atoms. The number of hydrogen-bond donors (Lipinski definition) is 2. The summed E-state index contributed by atoms with van der Waals surface area (Å²) in [5, 5.41) is 5.45. The summed E-state index contributed by atoms with van der Waals surface area (Å²) in [5.41, 5.74) is 0.214. The van der Waals surface area contributed by atoms with Crippen molar-refractivity contribution >= 4 is 21.8 Å². The normalized spacial score (nSPS) is 17.6. The molecule has 2 N–H and O–H groups in total. The molecule has 1 aliphatic carbocycles. The Labute approximate surface area is 174 Å². The molecular weight excluding hydrogens is 390 g/mol. The van der Waals surface area contributed by atoms with Gasteiger partial charge in [0, 0.05) is 24.7 Å². The van der Waals surface area contributed by atoms with E-state index in [9.17, 15) is 18.0 Å². The minimum absolute atomic E-state index is 0.00416. The van der Waals surface area contributed by atoms with Gasteiger partial charge in [0.15, 0.2) is 0 Å². The van der Waals surface area contributed by atoms with Crippen LogP contribution in [0.1, 0.15) is 69.7 Å². The summed E-state index contributed by atoms with van der Waals surface area (Å²) in [4.78, 5) is 24.8. The van der Waals surface area contributed by atoms with E-state index in [1.165, 1.54) is 16.4 Å². The Bertz CT molecular complexity index is 819. The zero-order chi connectivity index (χ0) is 21.6. The summed E-state index contributed by atoms with van der Waals surface area (Å²) >= 11 is 0. The monoisotopic (exact) mass is 423 g/mol. The van der Waals surface area contributed by atoms with Gasteiger partial charge in [-0.15, -0.1) is 0 Å². The standard InChI is InChI=1S/C21H33N3O4S/c1-5-15(2)22-20(25)16(3)23-21(26)17-10-9-13-19(14-17)29(27,28)24(4)18-11-7-6-8-12-18/h9-10,13-16,18H,5-8,11-12H2,1-4H3,(H,22,25)(H,23,26). The second kappa shape index (κ2) is 10.2. The van der Waals surface area contributed by atoms with E-state index in [0.717, 1.165) is 38.5 Å². The van der Waals surface area contributed by atoms with Crippen molar-refractivity contribution in [3.05, 3.63) is 29.8 Å². The molecule has 0 saturated heterocycles. The zero-order valence-corrected chi connectivity index (χ0v) is 18.6. The highest BCUT2D eigenvalue weighted by atomic mass is 32.2. The third-order valence-corrected chi connectivity index (χ3v) is 7.51. The smallest absolute Gasteiger partial charge is 0.251 e. The molecule has 0 aromatic heterocycles. The van der Waals surface area contributed by atoms with Crippen LogP contribution in [0, 0.1) is 0 Å². The third-order valence-electron chi connectivity index (χ3n) is 5.60. The van der Waals surface area contributed by atoms with E-state index < -0.39 is 22.0 Å². The Hall–Kier alpha value is -1.93. The van der Waals surface area contributed by atoms with Gasteiger partial charge >= 0.3 is 0 Å². The van der Waals surface area contributed by atoms with Crippen LogP contribution >= 0.6 is 0 Å². The Balaban J connectivity index is 2.11. The zero-order valence-electron chi connectivity index (χ0n) is 17.8. The largest absolute Gasteiger partial charge is 0.352 e. The summed E-state index contributed by atoms with van der Waals surface area (Å²) < 4.78 is 27.5. The van der Waals surface area contributed by atoms with Gasteiger partial charge in [0.1, 0.15) is 6.04 Å². The fourth-order valence-electron chi connectivity index (χ4n) is 3.42. The lowest BCUT2D eigenvalue weighted by molar-refractivity contribution is -0.123. The van der Waals surface area contributed by atoms with Crippen molar-refractivity contribution in [2.75, 3.05) is 7.05 Å². The first-order valence-electron chi connectivity index (χ1n) is 10.4. The van der Waals surface area contributed by atoms with Crippen molar-refractivity contribution in [1.82, 2.24) is 14.9 Å². The first kappa shape index (κ1) is 23.3. The molecule has 2 rings (SSSR count). The topological polar surface area (TPSA) is 95.6 Å². The van der Waals surface area contributed by atoms with Crippen molar-refractivity contribution in [2.24, 2.45) is 0 Å². The molecule has 7 nitrogen and oxygen atoms in total. The number of nitrogens with one attached hydrogen (secondary N) is 2. The van der Waals surface area contributed by atoms with Gasteiger partial charge in [-0.3, -0.25) is 9.59 Å². The van der Waals surface area contributed by atoms with Crippen LogP contribution in [0.3, 0.4) is 0 Å². The van der Waals surface area contributed by atoms with Gasteiger partial charge in [-0.25, -0.2) is 8.42 Å². The summed E-state index contributed by atoms with van der Waals surface area (Å²) in [6.45, 7) is 5.46. The van der Waals surface area contributed by atoms with Crippen LogP contribution in [-0.4, -0.2) is 49.7 Å². The van der Waals surface area contributed by atoms with Gasteiger partial charge in [-0.2, -0.15) is 4.31 Å². The van der Waals surface area contributed by atoms with E-state index in [1.807, 2.05) is 13.8 Å². The number of sulfonamides is 1. The van der Waals surface area contributed by atoms with Crippen molar-refractivity contribution < 1.29 is 18.0 Å². The molecule has 1 aromatic carbocycles. The van der Waals surface area contributed by atoms with Crippen LogP contribution in [0.4, 0.5) is 0 Å². The summed E-state index contributed by atoms with van der Waals surface area (Å²) in [7, 11) is -2.07. The molecule has 1 saturated carbocycles. The number of amides is 2. The maximum absolute atomic E-state index is 13.0. The van der Waals surface area contributed by atoms with E-state index in [1.54, 1.807) is 26.1 Å². The Morgan fingerprint density at radius 3 is 2.41 bits per heavy atom. The molecule has 0 bridgehead atoms. The van der Waals surface area contributed by atoms with E-state index in [-0.39, 0.29) is 28.4 Å². The summed E-state index contributed by atoms with van der Waals surface area (Å²) in [6, 6.07) is 5.28. The minimum atomic E-state index is -3.68. The van der Waals surface area contributed by atoms with Gasteiger partial charge in [0.05, 0.1) is 4.90 Å². The van der Waals surface area contributed by atoms with Crippen LogP contribution in [0.25, 0.3) is 0 Å². The first-order chi connectivity index (χ1) is 13.7. The van der Waals surface area contributed by atoms with E-state index in [4.69, 9.17) is 0 Å². The molecule has 2 unspecified atom stereocenters. The number of nitrogens with zero attached hydrogens (tertiary/aromatic N) is 1. The second-order valence-corrected chi connectivity index (χ2v) is 9.85. The molecule has 162 valence electrons.